The Bertz CT molecular complexity index is 580. The monoisotopic (exact) mass is 502 g/mol. The van der Waals surface area contributed by atoms with E-state index < -0.39 is 0 Å². The predicted octanol–water partition coefficient (Wildman–Crippen LogP) is 3.75. The molecule has 0 radical (unpaired) electrons. The van der Waals surface area contributed by atoms with E-state index in [-0.39, 0.29) is 36.0 Å². The third-order valence-corrected chi connectivity index (χ3v) is 5.54. The highest BCUT2D eigenvalue weighted by Gasteiger charge is 2.31. The lowest BCUT2D eigenvalue weighted by Gasteiger charge is -2.37. The number of nitrogens with one attached hydrogen (secondary N) is 2. The Kier molecular flexibility index (Phi) is 12.0. The van der Waals surface area contributed by atoms with Gasteiger partial charge in [0.2, 0.25) is 0 Å². The number of hydrogen-bond donors (Lipinski definition) is 3. The number of hydrogen-bond acceptors (Lipinski definition) is 3. The van der Waals surface area contributed by atoms with E-state index in [4.69, 9.17) is 4.99 Å². The Labute approximate surface area is 188 Å². The maximum atomic E-state index is 9.53. The zero-order valence-corrected chi connectivity index (χ0v) is 20.2. The van der Waals surface area contributed by atoms with E-state index in [1.54, 1.807) is 0 Å². The maximum Gasteiger partial charge on any atom is 0.191 e. The van der Waals surface area contributed by atoms with E-state index >= 15 is 0 Å². The van der Waals surface area contributed by atoms with Crippen LogP contribution in [0.3, 0.4) is 0 Å². The van der Waals surface area contributed by atoms with E-state index in [1.165, 1.54) is 43.2 Å². The molecule has 6 heteroatoms. The molecule has 0 heterocycles. The van der Waals surface area contributed by atoms with E-state index in [1.807, 2.05) is 0 Å². The van der Waals surface area contributed by atoms with Crippen LogP contribution in [0, 0.1) is 5.41 Å². The summed E-state index contributed by atoms with van der Waals surface area (Å²) >= 11 is 0. The first-order valence-corrected chi connectivity index (χ1v) is 10.4. The van der Waals surface area contributed by atoms with Gasteiger partial charge in [-0.15, -0.1) is 24.0 Å². The van der Waals surface area contributed by atoms with Crippen LogP contribution in [0.15, 0.2) is 29.3 Å². The van der Waals surface area contributed by atoms with Crippen molar-refractivity contribution < 1.29 is 5.11 Å². The molecule has 0 saturated heterocycles. The van der Waals surface area contributed by atoms with Crippen molar-refractivity contribution in [3.8, 4) is 0 Å². The molecular formula is C22H39IN4O. The second kappa shape index (κ2) is 13.4. The van der Waals surface area contributed by atoms with Crippen LogP contribution in [0.2, 0.25) is 0 Å². The van der Waals surface area contributed by atoms with Gasteiger partial charge in [0.25, 0.3) is 0 Å². The van der Waals surface area contributed by atoms with Gasteiger partial charge in [0.05, 0.1) is 6.54 Å². The second-order valence-electron chi connectivity index (χ2n) is 8.09. The van der Waals surface area contributed by atoms with Crippen LogP contribution in [-0.4, -0.2) is 49.8 Å². The van der Waals surface area contributed by atoms with Gasteiger partial charge in [-0.2, -0.15) is 0 Å². The number of guanidine groups is 1. The first kappa shape index (κ1) is 25.2. The van der Waals surface area contributed by atoms with Gasteiger partial charge in [-0.3, -0.25) is 0 Å². The molecule has 1 saturated carbocycles. The van der Waals surface area contributed by atoms with Gasteiger partial charge < -0.3 is 20.6 Å². The second-order valence-corrected chi connectivity index (χ2v) is 8.09. The van der Waals surface area contributed by atoms with Crippen LogP contribution in [-0.2, 0) is 13.1 Å². The van der Waals surface area contributed by atoms with Crippen molar-refractivity contribution in [2.45, 2.75) is 58.5 Å². The fraction of sp³-hybridized carbons (Fsp3) is 0.682. The summed E-state index contributed by atoms with van der Waals surface area (Å²) in [6.07, 6.45) is 7.15. The summed E-state index contributed by atoms with van der Waals surface area (Å²) in [5.41, 5.74) is 2.81. The largest absolute Gasteiger partial charge is 0.396 e. The average Bonchev–Trinajstić information content (AvgIpc) is 2.66. The van der Waals surface area contributed by atoms with Gasteiger partial charge in [0, 0.05) is 26.2 Å². The molecule has 1 aromatic rings. The molecule has 0 unspecified atom stereocenters. The van der Waals surface area contributed by atoms with Crippen molar-refractivity contribution in [2.75, 3.05) is 33.8 Å². The van der Waals surface area contributed by atoms with Crippen molar-refractivity contribution in [1.29, 1.82) is 0 Å². The molecule has 0 spiro atoms. The van der Waals surface area contributed by atoms with Crippen molar-refractivity contribution in [3.63, 3.8) is 0 Å². The van der Waals surface area contributed by atoms with Gasteiger partial charge in [-0.05, 0) is 56.8 Å². The standard InChI is InChI=1S/C22H38N4O.HI/c1-4-23-21(25-18-22(14-15-27)12-8-5-9-13-22)24-16-19-10-6-7-11-20(19)17-26(2)3;/h6-7,10-11,27H,4-5,8-9,12-18H2,1-3H3,(H2,23,24,25);1H. The Hall–Kier alpha value is -0.860. The Morgan fingerprint density at radius 2 is 1.79 bits per heavy atom. The molecule has 3 N–H and O–H groups in total. The molecule has 1 aromatic carbocycles. The van der Waals surface area contributed by atoms with Gasteiger partial charge in [-0.1, -0.05) is 43.5 Å². The first-order valence-electron chi connectivity index (χ1n) is 10.4. The van der Waals surface area contributed by atoms with Crippen LogP contribution >= 0.6 is 24.0 Å². The van der Waals surface area contributed by atoms with Crippen molar-refractivity contribution in [1.82, 2.24) is 15.5 Å². The zero-order chi connectivity index (χ0) is 19.5. The highest BCUT2D eigenvalue weighted by atomic mass is 127. The smallest absolute Gasteiger partial charge is 0.191 e. The highest BCUT2D eigenvalue weighted by Crippen LogP contribution is 2.38. The van der Waals surface area contributed by atoms with Crippen LogP contribution in [0.4, 0.5) is 0 Å². The third-order valence-electron chi connectivity index (χ3n) is 5.54. The number of aliphatic hydroxyl groups is 1. The molecule has 0 amide bonds. The molecule has 0 atom stereocenters. The Morgan fingerprint density at radius 1 is 1.11 bits per heavy atom. The normalized spacial score (nSPS) is 16.5. The predicted molar refractivity (Wildman–Crippen MR) is 129 cm³/mol. The van der Waals surface area contributed by atoms with Gasteiger partial charge in [0.15, 0.2) is 5.96 Å². The molecule has 0 bridgehead atoms. The third kappa shape index (κ3) is 8.25. The van der Waals surface area contributed by atoms with Gasteiger partial charge >= 0.3 is 0 Å². The first-order chi connectivity index (χ1) is 13.1. The summed E-state index contributed by atoms with van der Waals surface area (Å²) in [6, 6.07) is 8.53. The number of nitrogens with zero attached hydrogens (tertiary/aromatic N) is 2. The molecular weight excluding hydrogens is 463 g/mol. The summed E-state index contributed by atoms with van der Waals surface area (Å²) in [7, 11) is 4.19. The SMILES string of the molecule is CCNC(=NCc1ccccc1CN(C)C)NCC1(CCO)CCCCC1.I. The van der Waals surface area contributed by atoms with Crippen LogP contribution in [0.25, 0.3) is 0 Å². The van der Waals surface area contributed by atoms with Crippen molar-refractivity contribution in [3.05, 3.63) is 35.4 Å². The van der Waals surface area contributed by atoms with Gasteiger partial charge in [-0.25, -0.2) is 4.99 Å². The number of benzene rings is 1. The summed E-state index contributed by atoms with van der Waals surface area (Å²) in [5.74, 6) is 0.875. The lowest BCUT2D eigenvalue weighted by atomic mass is 9.72. The minimum Gasteiger partial charge on any atom is -0.396 e. The fourth-order valence-electron chi connectivity index (χ4n) is 4.04. The maximum absolute atomic E-state index is 9.53. The van der Waals surface area contributed by atoms with Crippen LogP contribution in [0.1, 0.15) is 56.6 Å². The fourth-order valence-corrected chi connectivity index (χ4v) is 4.04. The molecule has 160 valence electrons. The Morgan fingerprint density at radius 3 is 2.39 bits per heavy atom. The lowest BCUT2D eigenvalue weighted by Crippen LogP contribution is -2.45. The quantitative estimate of drug-likeness (QED) is 0.274. The molecule has 2 rings (SSSR count). The van der Waals surface area contributed by atoms with Crippen molar-refractivity contribution in [2.24, 2.45) is 10.4 Å². The van der Waals surface area contributed by atoms with E-state index in [0.717, 1.165) is 32.0 Å². The molecule has 1 aliphatic carbocycles. The lowest BCUT2D eigenvalue weighted by molar-refractivity contribution is 0.131. The van der Waals surface area contributed by atoms with E-state index in [9.17, 15) is 5.11 Å². The zero-order valence-electron chi connectivity index (χ0n) is 17.8. The van der Waals surface area contributed by atoms with E-state index in [0.29, 0.717) is 6.54 Å². The number of rotatable bonds is 9. The molecule has 1 aliphatic rings. The number of aliphatic imine (C=N–C) groups is 1. The van der Waals surface area contributed by atoms with Crippen LogP contribution < -0.4 is 10.6 Å². The number of halogens is 1. The van der Waals surface area contributed by atoms with Gasteiger partial charge in [0.1, 0.15) is 0 Å². The summed E-state index contributed by atoms with van der Waals surface area (Å²) in [4.78, 5) is 7.03. The topological polar surface area (TPSA) is 59.9 Å². The Balaban J connectivity index is 0.00000392. The summed E-state index contributed by atoms with van der Waals surface area (Å²) < 4.78 is 0. The minimum absolute atomic E-state index is 0. The summed E-state index contributed by atoms with van der Waals surface area (Å²) in [5, 5.41) is 16.5. The molecule has 0 aromatic heterocycles. The number of aliphatic hydroxyl groups excluding tert-OH is 1. The average molecular weight is 502 g/mol. The molecule has 28 heavy (non-hydrogen) atoms. The summed E-state index contributed by atoms with van der Waals surface area (Å²) in [6.45, 7) is 5.70. The highest BCUT2D eigenvalue weighted by molar-refractivity contribution is 14.0. The molecule has 1 fully saturated rings. The van der Waals surface area contributed by atoms with E-state index in [2.05, 4.69) is 60.8 Å². The van der Waals surface area contributed by atoms with Crippen molar-refractivity contribution >= 4 is 29.9 Å². The molecule has 0 aliphatic heterocycles. The molecule has 5 nitrogen and oxygen atoms in total. The van der Waals surface area contributed by atoms with Crippen LogP contribution in [0.5, 0.6) is 0 Å². The minimum atomic E-state index is 0.